The van der Waals surface area contributed by atoms with Gasteiger partial charge in [-0.1, -0.05) is 46.4 Å². The molecular weight excluding hydrogens is 772 g/mol. The Morgan fingerprint density at radius 2 is 1.23 bits per heavy atom. The Morgan fingerprint density at radius 3 is 1.72 bits per heavy atom. The summed E-state index contributed by atoms with van der Waals surface area (Å²) in [6, 6.07) is 16.4. The average Bonchev–Trinajstić information content (AvgIpc) is 3.17. The number of anilines is 2. The highest BCUT2D eigenvalue weighted by atomic mass is 35.5. The molecule has 0 bridgehead atoms. The molecule has 0 N–H and O–H groups in total. The predicted octanol–water partition coefficient (Wildman–Crippen LogP) is 5.82. The summed E-state index contributed by atoms with van der Waals surface area (Å²) in [4.78, 5) is 29.6. The van der Waals surface area contributed by atoms with E-state index in [4.69, 9.17) is 56.4 Å². The molecule has 278 valence electrons. The number of halogens is 4. The molecule has 0 saturated carbocycles. The summed E-state index contributed by atoms with van der Waals surface area (Å²) in [5.74, 6) is 0.780. The van der Waals surface area contributed by atoms with Gasteiger partial charge in [-0.05, 0) is 36.8 Å². The molecule has 0 atom stereocenters. The van der Waals surface area contributed by atoms with Gasteiger partial charge in [-0.2, -0.15) is 5.26 Å². The standard InChI is InChI=1S/C17H17Cl2N5O.C16H16Cl2N6O4/c18-16-11-15(17(19)22-21-16)24-7-5-23(6-8-24)9-10-25-14-3-1-13(12-20)2-4-14;17-15-10-14(16(18)20-19-15)22-7-5-21(6-8-22)4-3-11-1-2-12(23(25)26)9-13(11)24(27)28/h1-4,11H,5-10H2;1-2,9-10H,3-8H2. The van der Waals surface area contributed by atoms with E-state index in [0.29, 0.717) is 59.2 Å². The topological polar surface area (TPSA) is 184 Å². The van der Waals surface area contributed by atoms with Crippen LogP contribution in [-0.2, 0) is 6.42 Å². The molecule has 4 heterocycles. The van der Waals surface area contributed by atoms with Gasteiger partial charge in [0.15, 0.2) is 20.6 Å². The third-order valence-electron chi connectivity index (χ3n) is 8.66. The van der Waals surface area contributed by atoms with Gasteiger partial charge in [-0.15, -0.1) is 20.4 Å². The smallest absolute Gasteiger partial charge is 0.279 e. The van der Waals surface area contributed by atoms with Gasteiger partial charge in [0.25, 0.3) is 11.4 Å². The van der Waals surface area contributed by atoms with Crippen LogP contribution >= 0.6 is 46.4 Å². The highest BCUT2D eigenvalue weighted by Gasteiger charge is 2.23. The largest absolute Gasteiger partial charge is 0.492 e. The maximum atomic E-state index is 11.2. The Labute approximate surface area is 324 Å². The summed E-state index contributed by atoms with van der Waals surface area (Å²) in [7, 11) is 0. The zero-order chi connectivity index (χ0) is 37.9. The van der Waals surface area contributed by atoms with Crippen molar-refractivity contribution in [2.75, 3.05) is 81.9 Å². The van der Waals surface area contributed by atoms with Crippen molar-refractivity contribution in [2.45, 2.75) is 6.42 Å². The lowest BCUT2D eigenvalue weighted by Crippen LogP contribution is -2.47. The molecule has 0 radical (unpaired) electrons. The fourth-order valence-electron chi connectivity index (χ4n) is 5.80. The van der Waals surface area contributed by atoms with Gasteiger partial charge >= 0.3 is 0 Å². The van der Waals surface area contributed by atoms with E-state index in [2.05, 4.69) is 46.1 Å². The van der Waals surface area contributed by atoms with Crippen LogP contribution in [0.5, 0.6) is 5.75 Å². The molecule has 53 heavy (non-hydrogen) atoms. The molecule has 2 aromatic heterocycles. The summed E-state index contributed by atoms with van der Waals surface area (Å²) < 4.78 is 5.73. The molecule has 0 unspecified atom stereocenters. The molecule has 6 rings (SSSR count). The fourth-order valence-corrected chi connectivity index (χ4v) is 6.51. The van der Waals surface area contributed by atoms with E-state index >= 15 is 0 Å². The second-order valence-electron chi connectivity index (χ2n) is 11.9. The number of hydrogen-bond acceptors (Lipinski definition) is 14. The molecule has 20 heteroatoms. The van der Waals surface area contributed by atoms with Gasteiger partial charge in [0.2, 0.25) is 0 Å². The van der Waals surface area contributed by atoms with Crippen molar-refractivity contribution in [3.05, 3.63) is 107 Å². The van der Waals surface area contributed by atoms with Crippen LogP contribution in [0.15, 0.2) is 54.6 Å². The molecule has 2 fully saturated rings. The summed E-state index contributed by atoms with van der Waals surface area (Å²) in [5, 5.41) is 47.2. The van der Waals surface area contributed by atoms with Crippen molar-refractivity contribution in [3.63, 3.8) is 0 Å². The summed E-state index contributed by atoms with van der Waals surface area (Å²) in [6.07, 6.45) is 0.428. The third-order valence-corrected chi connectivity index (χ3v) is 9.57. The van der Waals surface area contributed by atoms with E-state index in [1.54, 1.807) is 24.3 Å². The Balaban J connectivity index is 0.000000206. The number of nitriles is 1. The van der Waals surface area contributed by atoms with Crippen molar-refractivity contribution in [1.29, 1.82) is 5.26 Å². The van der Waals surface area contributed by atoms with Gasteiger partial charge in [0.05, 0.1) is 38.9 Å². The van der Waals surface area contributed by atoms with Gasteiger partial charge in [-0.3, -0.25) is 30.0 Å². The average molecular weight is 806 g/mol. The minimum Gasteiger partial charge on any atom is -0.492 e. The molecule has 16 nitrogen and oxygen atoms in total. The fraction of sp³-hybridized carbons (Fsp3) is 0.364. The van der Waals surface area contributed by atoms with Crippen molar-refractivity contribution in [3.8, 4) is 11.8 Å². The van der Waals surface area contributed by atoms with Crippen LogP contribution in [0.4, 0.5) is 22.7 Å². The number of nitro benzene ring substituents is 2. The number of nitrogens with zero attached hydrogens (tertiary/aromatic N) is 11. The Morgan fingerprint density at radius 1 is 0.698 bits per heavy atom. The predicted molar refractivity (Wildman–Crippen MR) is 202 cm³/mol. The van der Waals surface area contributed by atoms with E-state index in [1.165, 1.54) is 12.1 Å². The minimum atomic E-state index is -0.638. The van der Waals surface area contributed by atoms with Crippen molar-refractivity contribution < 1.29 is 14.6 Å². The molecule has 0 spiro atoms. The van der Waals surface area contributed by atoms with E-state index in [1.807, 2.05) is 12.1 Å². The maximum Gasteiger partial charge on any atom is 0.279 e. The van der Waals surface area contributed by atoms with E-state index in [-0.39, 0.29) is 16.5 Å². The molecule has 2 aromatic carbocycles. The van der Waals surface area contributed by atoms with Crippen molar-refractivity contribution in [1.82, 2.24) is 30.2 Å². The lowest BCUT2D eigenvalue weighted by Gasteiger charge is -2.36. The lowest BCUT2D eigenvalue weighted by molar-refractivity contribution is -0.394. The van der Waals surface area contributed by atoms with Gasteiger partial charge < -0.3 is 14.5 Å². The van der Waals surface area contributed by atoms with Crippen LogP contribution in [0.2, 0.25) is 20.6 Å². The molecule has 2 aliphatic heterocycles. The first-order valence-electron chi connectivity index (χ1n) is 16.4. The third kappa shape index (κ3) is 11.2. The molecule has 2 aliphatic rings. The molecule has 0 amide bonds. The van der Waals surface area contributed by atoms with Crippen LogP contribution in [0, 0.1) is 31.6 Å². The Bertz CT molecular complexity index is 1940. The first-order chi connectivity index (χ1) is 25.5. The second-order valence-corrected chi connectivity index (χ2v) is 13.4. The van der Waals surface area contributed by atoms with Crippen LogP contribution in [-0.4, -0.2) is 112 Å². The summed E-state index contributed by atoms with van der Waals surface area (Å²) in [5.41, 5.74) is 2.16. The summed E-state index contributed by atoms with van der Waals surface area (Å²) in [6.45, 7) is 8.43. The number of benzene rings is 2. The van der Waals surface area contributed by atoms with Gasteiger partial charge in [0.1, 0.15) is 12.4 Å². The van der Waals surface area contributed by atoms with Gasteiger partial charge in [0, 0.05) is 89.2 Å². The number of ether oxygens (including phenoxy) is 1. The number of rotatable bonds is 11. The van der Waals surface area contributed by atoms with E-state index < -0.39 is 9.85 Å². The van der Waals surface area contributed by atoms with Crippen LogP contribution in [0.1, 0.15) is 11.1 Å². The number of piperazine rings is 2. The number of hydrogen-bond donors (Lipinski definition) is 0. The van der Waals surface area contributed by atoms with Crippen LogP contribution in [0.25, 0.3) is 0 Å². The number of nitro groups is 2. The maximum absolute atomic E-state index is 11.2. The number of non-ortho nitro benzene ring substituents is 1. The van der Waals surface area contributed by atoms with E-state index in [9.17, 15) is 20.2 Å². The zero-order valence-corrected chi connectivity index (χ0v) is 31.2. The Hall–Kier alpha value is -4.63. The van der Waals surface area contributed by atoms with Gasteiger partial charge in [-0.25, -0.2) is 0 Å². The molecule has 0 aliphatic carbocycles. The second kappa shape index (κ2) is 18.9. The van der Waals surface area contributed by atoms with Crippen LogP contribution < -0.4 is 14.5 Å². The van der Waals surface area contributed by atoms with Crippen molar-refractivity contribution >= 4 is 69.2 Å². The first kappa shape index (κ1) is 39.6. The zero-order valence-electron chi connectivity index (χ0n) is 28.2. The monoisotopic (exact) mass is 803 g/mol. The minimum absolute atomic E-state index is 0.225. The molecule has 4 aromatic rings. The quantitative estimate of drug-likeness (QED) is 0.131. The molecular formula is C33H33Cl4N11O5. The van der Waals surface area contributed by atoms with Crippen molar-refractivity contribution in [2.24, 2.45) is 0 Å². The lowest BCUT2D eigenvalue weighted by atomic mass is 10.1. The first-order valence-corrected chi connectivity index (χ1v) is 17.9. The SMILES string of the molecule is N#Cc1ccc(OCCN2CCN(c3cc(Cl)nnc3Cl)CC2)cc1.O=[N+]([O-])c1ccc(CCN2CCN(c3cc(Cl)nnc3Cl)CC2)c([N+](=O)[O-])c1. The summed E-state index contributed by atoms with van der Waals surface area (Å²) >= 11 is 24.0. The Kier molecular flexibility index (Phi) is 14.1. The molecule has 2 saturated heterocycles. The number of aromatic nitrogens is 4. The van der Waals surface area contributed by atoms with E-state index in [0.717, 1.165) is 69.0 Å². The highest BCUT2D eigenvalue weighted by molar-refractivity contribution is 6.34. The highest BCUT2D eigenvalue weighted by Crippen LogP contribution is 2.29. The van der Waals surface area contributed by atoms with Crippen LogP contribution in [0.3, 0.4) is 0 Å². The normalized spacial score (nSPS) is 14.9.